The summed E-state index contributed by atoms with van der Waals surface area (Å²) in [6, 6.07) is 7.92. The highest BCUT2D eigenvalue weighted by Crippen LogP contribution is 2.50. The van der Waals surface area contributed by atoms with Crippen molar-refractivity contribution < 1.29 is 23.8 Å². The number of carboxylic acid groups (broad SMARTS) is 1. The number of rotatable bonds is 11. The van der Waals surface area contributed by atoms with Gasteiger partial charge in [-0.3, -0.25) is 9.59 Å². The van der Waals surface area contributed by atoms with Crippen molar-refractivity contribution in [3.63, 3.8) is 0 Å². The molecule has 0 unspecified atom stereocenters. The van der Waals surface area contributed by atoms with E-state index in [-0.39, 0.29) is 42.1 Å². The van der Waals surface area contributed by atoms with E-state index in [0.717, 1.165) is 44.2 Å². The Bertz CT molecular complexity index is 981. The first-order chi connectivity index (χ1) is 16.0. The Morgan fingerprint density at radius 2 is 1.97 bits per heavy atom. The number of ether oxygens (including phenoxy) is 1. The van der Waals surface area contributed by atoms with Crippen LogP contribution in [0.25, 0.3) is 0 Å². The molecule has 4 rings (SSSR count). The van der Waals surface area contributed by atoms with Crippen molar-refractivity contribution in [2.24, 2.45) is 5.92 Å². The van der Waals surface area contributed by atoms with E-state index in [4.69, 9.17) is 14.3 Å². The zero-order valence-electron chi connectivity index (χ0n) is 19.0. The largest absolute Gasteiger partial charge is 0.481 e. The molecule has 2 fully saturated rings. The van der Waals surface area contributed by atoms with Gasteiger partial charge in [0.1, 0.15) is 6.26 Å². The first-order valence-electron chi connectivity index (χ1n) is 11.9. The van der Waals surface area contributed by atoms with Crippen LogP contribution in [-0.2, 0) is 16.0 Å². The van der Waals surface area contributed by atoms with E-state index < -0.39 is 5.97 Å². The van der Waals surface area contributed by atoms with Gasteiger partial charge in [-0.25, -0.2) is 4.98 Å². The molecule has 2 bridgehead atoms. The fourth-order valence-electron chi connectivity index (χ4n) is 4.87. The van der Waals surface area contributed by atoms with Gasteiger partial charge in [-0.2, -0.15) is 0 Å². The van der Waals surface area contributed by atoms with Gasteiger partial charge in [0.25, 0.3) is 5.91 Å². The van der Waals surface area contributed by atoms with E-state index in [2.05, 4.69) is 17.2 Å². The SMILES string of the molecule is CCCCc1ccc(NC(=O)c2coc([C@H]3[C@@H](CC=CCCC(=O)O)[C@@H]4CC[C@H]3O4)n2)cc1. The molecule has 2 aliphatic heterocycles. The molecule has 176 valence electrons. The van der Waals surface area contributed by atoms with Crippen LogP contribution in [-0.4, -0.2) is 34.2 Å². The fourth-order valence-corrected chi connectivity index (χ4v) is 4.87. The highest BCUT2D eigenvalue weighted by Gasteiger charge is 2.51. The van der Waals surface area contributed by atoms with Gasteiger partial charge >= 0.3 is 5.97 Å². The molecule has 1 amide bonds. The van der Waals surface area contributed by atoms with Gasteiger partial charge < -0.3 is 19.6 Å². The van der Waals surface area contributed by atoms with Gasteiger partial charge in [-0.15, -0.1) is 0 Å². The quantitative estimate of drug-likeness (QED) is 0.446. The molecule has 0 saturated carbocycles. The van der Waals surface area contributed by atoms with E-state index in [1.807, 2.05) is 36.4 Å². The molecule has 1 aromatic heterocycles. The number of allylic oxidation sites excluding steroid dienone is 2. The summed E-state index contributed by atoms with van der Waals surface area (Å²) in [5.41, 5.74) is 2.26. The van der Waals surface area contributed by atoms with Crippen molar-refractivity contribution in [3.8, 4) is 0 Å². The number of hydrogen-bond donors (Lipinski definition) is 2. The monoisotopic (exact) mass is 452 g/mol. The Labute approximate surface area is 194 Å². The van der Waals surface area contributed by atoms with E-state index in [1.54, 1.807) is 0 Å². The lowest BCUT2D eigenvalue weighted by Gasteiger charge is -2.24. The number of unbranched alkanes of at least 4 members (excludes halogenated alkanes) is 1. The van der Waals surface area contributed by atoms with Gasteiger partial charge in [0.05, 0.1) is 18.1 Å². The average Bonchev–Trinajstić information content (AvgIpc) is 3.54. The van der Waals surface area contributed by atoms with Gasteiger partial charge in [0.15, 0.2) is 5.69 Å². The summed E-state index contributed by atoms with van der Waals surface area (Å²) < 4.78 is 11.9. The van der Waals surface area contributed by atoms with Crippen molar-refractivity contribution in [2.45, 2.75) is 76.4 Å². The van der Waals surface area contributed by atoms with E-state index >= 15 is 0 Å². The zero-order chi connectivity index (χ0) is 23.2. The molecule has 7 heteroatoms. The number of amides is 1. The third-order valence-corrected chi connectivity index (χ3v) is 6.59. The van der Waals surface area contributed by atoms with Crippen LogP contribution in [0.5, 0.6) is 0 Å². The van der Waals surface area contributed by atoms with Crippen LogP contribution < -0.4 is 5.32 Å². The molecule has 2 aliphatic rings. The minimum absolute atomic E-state index is 0.00673. The van der Waals surface area contributed by atoms with Crippen LogP contribution in [0.1, 0.15) is 79.7 Å². The fraction of sp³-hybridized carbons (Fsp3) is 0.500. The molecule has 33 heavy (non-hydrogen) atoms. The molecule has 4 atom stereocenters. The third-order valence-electron chi connectivity index (χ3n) is 6.59. The molecule has 0 spiro atoms. The number of nitrogens with one attached hydrogen (secondary N) is 1. The van der Waals surface area contributed by atoms with Crippen LogP contribution in [0.4, 0.5) is 5.69 Å². The molecule has 2 aromatic rings. The summed E-state index contributed by atoms with van der Waals surface area (Å²) in [5, 5.41) is 11.7. The Hall–Kier alpha value is -2.93. The lowest BCUT2D eigenvalue weighted by Crippen LogP contribution is -2.25. The van der Waals surface area contributed by atoms with Crippen molar-refractivity contribution >= 4 is 17.6 Å². The van der Waals surface area contributed by atoms with Gasteiger partial charge in [0.2, 0.25) is 5.89 Å². The molecule has 3 heterocycles. The Morgan fingerprint density at radius 1 is 1.18 bits per heavy atom. The summed E-state index contributed by atoms with van der Waals surface area (Å²) in [6.07, 6.45) is 12.3. The second-order valence-electron chi connectivity index (χ2n) is 8.95. The van der Waals surface area contributed by atoms with Crippen LogP contribution in [0, 0.1) is 5.92 Å². The average molecular weight is 453 g/mol. The minimum Gasteiger partial charge on any atom is -0.481 e. The van der Waals surface area contributed by atoms with Crippen molar-refractivity contribution in [1.82, 2.24) is 4.98 Å². The topological polar surface area (TPSA) is 102 Å². The molecule has 2 N–H and O–H groups in total. The second-order valence-corrected chi connectivity index (χ2v) is 8.95. The van der Waals surface area contributed by atoms with Gasteiger partial charge in [-0.05, 0) is 56.2 Å². The standard InChI is InChI=1S/C26H32N2O5/c1-2-3-7-17-10-12-18(13-11-17)27-25(31)20-16-32-26(28-20)24-19(21-14-15-22(24)33-21)8-5-4-6-9-23(29)30/h4-5,10-13,16,19,21-22,24H,2-3,6-9,14-15H2,1H3,(H,27,31)(H,29,30)/t19-,21-,22+,24-/m0/s1. The number of nitrogens with zero attached hydrogens (tertiary/aromatic N) is 1. The first-order valence-corrected chi connectivity index (χ1v) is 11.9. The second kappa shape index (κ2) is 10.8. The number of fused-ring (bicyclic) bond motifs is 2. The smallest absolute Gasteiger partial charge is 0.303 e. The number of anilines is 1. The number of oxazole rings is 1. The van der Waals surface area contributed by atoms with E-state index in [9.17, 15) is 9.59 Å². The van der Waals surface area contributed by atoms with Gasteiger partial charge in [0, 0.05) is 18.0 Å². The molecule has 7 nitrogen and oxygen atoms in total. The molecular formula is C26H32N2O5. The summed E-state index contributed by atoms with van der Waals surface area (Å²) >= 11 is 0. The van der Waals surface area contributed by atoms with Crippen molar-refractivity contribution in [3.05, 3.63) is 59.8 Å². The minimum atomic E-state index is -0.793. The Morgan fingerprint density at radius 3 is 2.73 bits per heavy atom. The molecule has 0 aliphatic carbocycles. The lowest BCUT2D eigenvalue weighted by atomic mass is 9.77. The number of carbonyl (C=O) groups is 2. The number of aryl methyl sites for hydroxylation is 1. The summed E-state index contributed by atoms with van der Waals surface area (Å²) in [7, 11) is 0. The van der Waals surface area contributed by atoms with Crippen molar-refractivity contribution in [2.75, 3.05) is 5.32 Å². The molecular weight excluding hydrogens is 420 g/mol. The first kappa shape index (κ1) is 23.2. The summed E-state index contributed by atoms with van der Waals surface area (Å²) in [5.74, 6) is -0.312. The summed E-state index contributed by atoms with van der Waals surface area (Å²) in [4.78, 5) is 27.9. The van der Waals surface area contributed by atoms with E-state index in [0.29, 0.717) is 12.3 Å². The van der Waals surface area contributed by atoms with Gasteiger partial charge in [-0.1, -0.05) is 37.6 Å². The number of carboxylic acids is 1. The predicted octanol–water partition coefficient (Wildman–Crippen LogP) is 5.34. The van der Waals surface area contributed by atoms with Crippen LogP contribution in [0.2, 0.25) is 0 Å². The lowest BCUT2D eigenvalue weighted by molar-refractivity contribution is -0.136. The number of aliphatic carboxylic acids is 1. The Kier molecular flexibility index (Phi) is 7.60. The molecule has 2 saturated heterocycles. The van der Waals surface area contributed by atoms with Crippen LogP contribution in [0.15, 0.2) is 47.1 Å². The zero-order valence-corrected chi connectivity index (χ0v) is 19.0. The highest BCUT2D eigenvalue weighted by molar-refractivity contribution is 6.02. The van der Waals surface area contributed by atoms with E-state index in [1.165, 1.54) is 11.8 Å². The number of benzene rings is 1. The number of aromatic nitrogens is 1. The number of carbonyl (C=O) groups excluding carboxylic acids is 1. The normalized spacial score (nSPS) is 23.9. The maximum atomic E-state index is 12.7. The molecule has 0 radical (unpaired) electrons. The maximum Gasteiger partial charge on any atom is 0.303 e. The number of hydrogen-bond acceptors (Lipinski definition) is 5. The van der Waals surface area contributed by atoms with Crippen molar-refractivity contribution in [1.29, 1.82) is 0 Å². The maximum absolute atomic E-state index is 12.7. The predicted molar refractivity (Wildman–Crippen MR) is 124 cm³/mol. The Balaban J connectivity index is 1.38. The van der Waals surface area contributed by atoms with Crippen LogP contribution in [0.3, 0.4) is 0 Å². The highest BCUT2D eigenvalue weighted by atomic mass is 16.5. The summed E-state index contributed by atoms with van der Waals surface area (Å²) in [6.45, 7) is 2.17. The molecule has 1 aromatic carbocycles. The third kappa shape index (κ3) is 5.71. The van der Waals surface area contributed by atoms with Crippen LogP contribution >= 0.6 is 0 Å².